The van der Waals surface area contributed by atoms with Crippen LogP contribution in [0.1, 0.15) is 31.7 Å². The largest absolute Gasteiger partial charge is 0.504 e. The third-order valence-electron chi connectivity index (χ3n) is 3.78. The van der Waals surface area contributed by atoms with Crippen LogP contribution in [0.25, 0.3) is 6.08 Å². The van der Waals surface area contributed by atoms with Gasteiger partial charge in [-0.25, -0.2) is 0 Å². The van der Waals surface area contributed by atoms with Crippen molar-refractivity contribution >= 4 is 6.08 Å². The Hall–Kier alpha value is -1.94. The van der Waals surface area contributed by atoms with Gasteiger partial charge in [-0.3, -0.25) is 0 Å². The summed E-state index contributed by atoms with van der Waals surface area (Å²) in [5.41, 5.74) is 0.729. The van der Waals surface area contributed by atoms with Gasteiger partial charge in [-0.2, -0.15) is 0 Å². The Morgan fingerprint density at radius 2 is 2.05 bits per heavy atom. The predicted molar refractivity (Wildman–Crippen MR) is 81.8 cm³/mol. The topological polar surface area (TPSA) is 69.9 Å². The molecule has 0 aliphatic heterocycles. The Morgan fingerprint density at radius 3 is 2.76 bits per heavy atom. The maximum absolute atomic E-state index is 9.94. The molecule has 21 heavy (non-hydrogen) atoms. The molecule has 1 aromatic carbocycles. The van der Waals surface area contributed by atoms with E-state index in [0.717, 1.165) is 24.8 Å². The number of aliphatic hydroxyl groups excluding tert-OH is 1. The molecule has 2 rings (SSSR count). The molecule has 0 spiro atoms. The molecule has 1 aliphatic rings. The summed E-state index contributed by atoms with van der Waals surface area (Å²) in [7, 11) is 0. The van der Waals surface area contributed by atoms with Crippen molar-refractivity contribution in [2.45, 2.75) is 38.4 Å². The van der Waals surface area contributed by atoms with Crippen LogP contribution in [0.5, 0.6) is 11.5 Å². The molecule has 0 aromatic heterocycles. The first-order valence-electron chi connectivity index (χ1n) is 7.19. The lowest BCUT2D eigenvalue weighted by molar-refractivity contribution is -0.0377. The number of hydrogen-bond acceptors (Lipinski definition) is 4. The van der Waals surface area contributed by atoms with E-state index in [1.807, 2.05) is 0 Å². The summed E-state index contributed by atoms with van der Waals surface area (Å²) in [6.45, 7) is 5.98. The SMILES string of the molecule is C=C(/C=C/c1ccc(O)c(O)c1)OC1CC(C)CCC1O. The summed E-state index contributed by atoms with van der Waals surface area (Å²) >= 11 is 0. The van der Waals surface area contributed by atoms with Crippen LogP contribution in [0.4, 0.5) is 0 Å². The van der Waals surface area contributed by atoms with Gasteiger partial charge < -0.3 is 20.1 Å². The van der Waals surface area contributed by atoms with Gasteiger partial charge in [0, 0.05) is 0 Å². The fraction of sp³-hybridized carbons (Fsp3) is 0.412. The molecule has 4 nitrogen and oxygen atoms in total. The quantitative estimate of drug-likeness (QED) is 0.452. The molecular formula is C17H22O4. The number of phenolic OH excluding ortho intramolecular Hbond substituents is 2. The minimum atomic E-state index is -0.441. The summed E-state index contributed by atoms with van der Waals surface area (Å²) in [6, 6.07) is 4.55. The summed E-state index contributed by atoms with van der Waals surface area (Å²) in [5.74, 6) is 0.701. The van der Waals surface area contributed by atoms with Gasteiger partial charge in [0.2, 0.25) is 0 Å². The van der Waals surface area contributed by atoms with Crippen molar-refractivity contribution in [3.63, 3.8) is 0 Å². The van der Waals surface area contributed by atoms with Gasteiger partial charge in [0.05, 0.1) is 6.10 Å². The highest BCUT2D eigenvalue weighted by Crippen LogP contribution is 2.28. The number of aliphatic hydroxyl groups is 1. The first kappa shape index (κ1) is 15.4. The highest BCUT2D eigenvalue weighted by molar-refractivity contribution is 5.56. The average molecular weight is 290 g/mol. The Balaban J connectivity index is 1.94. The molecule has 3 unspecified atom stereocenters. The average Bonchev–Trinajstić information content (AvgIpc) is 2.44. The van der Waals surface area contributed by atoms with Crippen LogP contribution in [0.15, 0.2) is 36.6 Å². The van der Waals surface area contributed by atoms with Crippen LogP contribution in [-0.4, -0.2) is 27.5 Å². The van der Waals surface area contributed by atoms with E-state index in [1.165, 1.54) is 12.1 Å². The third-order valence-corrected chi connectivity index (χ3v) is 3.78. The zero-order valence-corrected chi connectivity index (χ0v) is 12.2. The second kappa shape index (κ2) is 6.68. The molecule has 0 heterocycles. The molecule has 1 fully saturated rings. The van der Waals surface area contributed by atoms with E-state index in [2.05, 4.69) is 13.5 Å². The number of benzene rings is 1. The summed E-state index contributed by atoms with van der Waals surface area (Å²) in [6.07, 6.45) is 5.39. The number of rotatable bonds is 4. The van der Waals surface area contributed by atoms with Crippen LogP contribution >= 0.6 is 0 Å². The number of hydrogen-bond donors (Lipinski definition) is 3. The van der Waals surface area contributed by atoms with Crippen molar-refractivity contribution in [1.82, 2.24) is 0 Å². The molecule has 0 radical (unpaired) electrons. The summed E-state index contributed by atoms with van der Waals surface area (Å²) in [5, 5.41) is 28.6. The van der Waals surface area contributed by atoms with Gasteiger partial charge in [0.1, 0.15) is 11.9 Å². The summed E-state index contributed by atoms with van der Waals surface area (Å²) < 4.78 is 5.71. The fourth-order valence-corrected chi connectivity index (χ4v) is 2.51. The second-order valence-corrected chi connectivity index (χ2v) is 5.69. The second-order valence-electron chi connectivity index (χ2n) is 5.69. The zero-order chi connectivity index (χ0) is 15.4. The molecule has 0 bridgehead atoms. The monoisotopic (exact) mass is 290 g/mol. The Morgan fingerprint density at radius 1 is 1.29 bits per heavy atom. The minimum absolute atomic E-state index is 0.151. The highest BCUT2D eigenvalue weighted by atomic mass is 16.5. The summed E-state index contributed by atoms with van der Waals surface area (Å²) in [4.78, 5) is 0. The number of phenols is 2. The minimum Gasteiger partial charge on any atom is -0.504 e. The van der Waals surface area contributed by atoms with Gasteiger partial charge in [0.25, 0.3) is 0 Å². The van der Waals surface area contributed by atoms with E-state index < -0.39 is 6.10 Å². The number of aromatic hydroxyl groups is 2. The molecule has 0 amide bonds. The Labute approximate surface area is 125 Å². The van der Waals surface area contributed by atoms with E-state index in [0.29, 0.717) is 11.7 Å². The van der Waals surface area contributed by atoms with Crippen molar-refractivity contribution < 1.29 is 20.1 Å². The van der Waals surface area contributed by atoms with Crippen molar-refractivity contribution in [3.8, 4) is 11.5 Å². The van der Waals surface area contributed by atoms with E-state index in [-0.39, 0.29) is 17.6 Å². The van der Waals surface area contributed by atoms with Gasteiger partial charge in [0.15, 0.2) is 11.5 Å². The highest BCUT2D eigenvalue weighted by Gasteiger charge is 2.28. The molecule has 114 valence electrons. The maximum atomic E-state index is 9.94. The fourth-order valence-electron chi connectivity index (χ4n) is 2.51. The molecule has 1 aliphatic carbocycles. The van der Waals surface area contributed by atoms with E-state index in [1.54, 1.807) is 18.2 Å². The zero-order valence-electron chi connectivity index (χ0n) is 12.2. The van der Waals surface area contributed by atoms with E-state index >= 15 is 0 Å². The molecule has 0 saturated heterocycles. The Bertz CT molecular complexity index is 536. The molecule has 4 heteroatoms. The maximum Gasteiger partial charge on any atom is 0.157 e. The molecule has 3 atom stereocenters. The van der Waals surface area contributed by atoms with Crippen LogP contribution in [0.3, 0.4) is 0 Å². The first-order valence-corrected chi connectivity index (χ1v) is 7.19. The normalized spacial score (nSPS) is 25.9. The lowest BCUT2D eigenvalue weighted by Crippen LogP contribution is -2.34. The predicted octanol–water partition coefficient (Wildman–Crippen LogP) is 3.19. The Kier molecular flexibility index (Phi) is 4.91. The number of ether oxygens (including phenoxy) is 1. The lowest BCUT2D eigenvalue weighted by atomic mass is 9.86. The van der Waals surface area contributed by atoms with Gasteiger partial charge in [-0.05, 0) is 49.0 Å². The van der Waals surface area contributed by atoms with Crippen LogP contribution in [-0.2, 0) is 4.74 Å². The smallest absolute Gasteiger partial charge is 0.157 e. The van der Waals surface area contributed by atoms with Crippen LogP contribution < -0.4 is 0 Å². The van der Waals surface area contributed by atoms with Crippen LogP contribution in [0, 0.1) is 5.92 Å². The van der Waals surface area contributed by atoms with Gasteiger partial charge >= 0.3 is 0 Å². The third kappa shape index (κ3) is 4.26. The molecule has 1 saturated carbocycles. The molecule has 3 N–H and O–H groups in total. The molecule has 1 aromatic rings. The lowest BCUT2D eigenvalue weighted by Gasteiger charge is -2.31. The van der Waals surface area contributed by atoms with E-state index in [4.69, 9.17) is 4.74 Å². The first-order chi connectivity index (χ1) is 9.95. The van der Waals surface area contributed by atoms with Crippen molar-refractivity contribution in [2.75, 3.05) is 0 Å². The van der Waals surface area contributed by atoms with Gasteiger partial charge in [-0.1, -0.05) is 25.6 Å². The van der Waals surface area contributed by atoms with E-state index in [9.17, 15) is 15.3 Å². The molecular weight excluding hydrogens is 268 g/mol. The van der Waals surface area contributed by atoms with Gasteiger partial charge in [-0.15, -0.1) is 0 Å². The van der Waals surface area contributed by atoms with Crippen molar-refractivity contribution in [2.24, 2.45) is 5.92 Å². The van der Waals surface area contributed by atoms with Crippen molar-refractivity contribution in [3.05, 3.63) is 42.2 Å². The number of allylic oxidation sites excluding steroid dienone is 1. The standard InChI is InChI=1S/C17H22O4/c1-11-3-7-15(19)17(9-11)21-12(2)4-5-13-6-8-14(18)16(20)10-13/h4-6,8,10-11,15,17-20H,2-3,7,9H2,1H3/b5-4+. The van der Waals surface area contributed by atoms with Crippen LogP contribution in [0.2, 0.25) is 0 Å². The van der Waals surface area contributed by atoms with Crippen molar-refractivity contribution in [1.29, 1.82) is 0 Å².